The lowest BCUT2D eigenvalue weighted by molar-refractivity contribution is -0.117. The first-order valence-electron chi connectivity index (χ1n) is 9.02. The zero-order valence-corrected chi connectivity index (χ0v) is 16.1. The van der Waals surface area contributed by atoms with E-state index in [-0.39, 0.29) is 5.91 Å². The third-order valence-electron chi connectivity index (χ3n) is 4.75. The van der Waals surface area contributed by atoms with Crippen LogP contribution in [0.1, 0.15) is 31.7 Å². The maximum atomic E-state index is 12.3. The van der Waals surface area contributed by atoms with Crippen molar-refractivity contribution in [1.82, 2.24) is 5.32 Å². The number of ether oxygens (including phenoxy) is 1. The van der Waals surface area contributed by atoms with Crippen LogP contribution in [0.3, 0.4) is 0 Å². The molecule has 6 heteroatoms. The predicted octanol–water partition coefficient (Wildman–Crippen LogP) is 2.55. The molecule has 2 atom stereocenters. The molecular formula is C19H30N2O3S. The summed E-state index contributed by atoms with van der Waals surface area (Å²) >= 11 is 0. The molecule has 0 aromatic heterocycles. The molecule has 0 bridgehead atoms. The number of hydrogen-bond donors (Lipinski definition) is 2. The molecule has 1 aromatic rings. The third-order valence-corrected chi connectivity index (χ3v) is 6.03. The van der Waals surface area contributed by atoms with Gasteiger partial charge in [0, 0.05) is 41.5 Å². The number of carbonyl (C=O) groups excluding carboxylic acids is 1. The fourth-order valence-corrected chi connectivity index (χ4v) is 4.31. The molecule has 1 amide bonds. The molecule has 1 aliphatic rings. The molecule has 0 saturated carbocycles. The smallest absolute Gasteiger partial charge is 0.224 e. The number of amides is 1. The average molecular weight is 367 g/mol. The van der Waals surface area contributed by atoms with Gasteiger partial charge >= 0.3 is 0 Å². The van der Waals surface area contributed by atoms with Gasteiger partial charge in [0.25, 0.3) is 0 Å². The molecule has 1 fully saturated rings. The van der Waals surface area contributed by atoms with Crippen molar-refractivity contribution >= 4 is 22.4 Å². The Labute approximate surface area is 153 Å². The van der Waals surface area contributed by atoms with Crippen molar-refractivity contribution in [2.45, 2.75) is 31.9 Å². The number of carbonyl (C=O) groups is 1. The molecule has 1 saturated heterocycles. The minimum absolute atomic E-state index is 0.0590. The Morgan fingerprint density at radius 1 is 1.40 bits per heavy atom. The molecule has 2 rings (SSSR count). The standard InChI is InChI=1S/C19H30N2O3S/c1-15(17-6-8-20-9-7-17)12-19(22)21-18-5-3-4-16(13-18)14-25(23)11-10-24-2/h3-5,13,15,17,20H,6-12,14H2,1-2H3,(H,21,22). The molecule has 0 aliphatic carbocycles. The van der Waals surface area contributed by atoms with Gasteiger partial charge in [-0.15, -0.1) is 0 Å². The van der Waals surface area contributed by atoms with Crippen LogP contribution in [0, 0.1) is 11.8 Å². The van der Waals surface area contributed by atoms with Crippen molar-refractivity contribution in [1.29, 1.82) is 0 Å². The Hall–Kier alpha value is -1.24. The summed E-state index contributed by atoms with van der Waals surface area (Å²) in [4.78, 5) is 12.3. The number of hydrogen-bond acceptors (Lipinski definition) is 4. The van der Waals surface area contributed by atoms with Crippen LogP contribution in [0.25, 0.3) is 0 Å². The Morgan fingerprint density at radius 3 is 2.88 bits per heavy atom. The second-order valence-corrected chi connectivity index (χ2v) is 8.38. The van der Waals surface area contributed by atoms with Crippen LogP contribution in [0.2, 0.25) is 0 Å². The molecule has 2 N–H and O–H groups in total. The van der Waals surface area contributed by atoms with Gasteiger partial charge in [0.15, 0.2) is 0 Å². The zero-order valence-electron chi connectivity index (χ0n) is 15.3. The van der Waals surface area contributed by atoms with Gasteiger partial charge in [-0.2, -0.15) is 0 Å². The van der Waals surface area contributed by atoms with Crippen molar-refractivity contribution in [3.8, 4) is 0 Å². The van der Waals surface area contributed by atoms with Crippen LogP contribution in [-0.2, 0) is 26.1 Å². The van der Waals surface area contributed by atoms with E-state index in [1.165, 1.54) is 0 Å². The molecule has 0 spiro atoms. The van der Waals surface area contributed by atoms with Gasteiger partial charge in [0.05, 0.1) is 6.61 Å². The van der Waals surface area contributed by atoms with Gasteiger partial charge < -0.3 is 15.4 Å². The van der Waals surface area contributed by atoms with E-state index in [4.69, 9.17) is 4.74 Å². The van der Waals surface area contributed by atoms with Crippen molar-refractivity contribution in [2.75, 3.05) is 37.9 Å². The highest BCUT2D eigenvalue weighted by Crippen LogP contribution is 2.24. The van der Waals surface area contributed by atoms with Gasteiger partial charge in [-0.1, -0.05) is 19.1 Å². The molecule has 1 aliphatic heterocycles. The van der Waals surface area contributed by atoms with Crippen LogP contribution >= 0.6 is 0 Å². The van der Waals surface area contributed by atoms with E-state index in [9.17, 15) is 9.00 Å². The van der Waals surface area contributed by atoms with E-state index >= 15 is 0 Å². The van der Waals surface area contributed by atoms with Crippen LogP contribution < -0.4 is 10.6 Å². The summed E-state index contributed by atoms with van der Waals surface area (Å²) in [5.74, 6) is 2.09. The Bertz CT molecular complexity index is 574. The molecular weight excluding hydrogens is 336 g/mol. The third kappa shape index (κ3) is 7.26. The van der Waals surface area contributed by atoms with Gasteiger partial charge in [-0.25, -0.2) is 0 Å². The second-order valence-electron chi connectivity index (χ2n) is 6.80. The van der Waals surface area contributed by atoms with Gasteiger partial charge in [0.1, 0.15) is 0 Å². The topological polar surface area (TPSA) is 67.4 Å². The normalized spacial score (nSPS) is 17.8. The largest absolute Gasteiger partial charge is 0.384 e. The van der Waals surface area contributed by atoms with E-state index < -0.39 is 10.8 Å². The molecule has 25 heavy (non-hydrogen) atoms. The number of nitrogens with one attached hydrogen (secondary N) is 2. The van der Waals surface area contributed by atoms with Crippen molar-refractivity contribution in [2.24, 2.45) is 11.8 Å². The Balaban J connectivity index is 1.83. The monoisotopic (exact) mass is 366 g/mol. The quantitative estimate of drug-likeness (QED) is 0.705. The molecule has 2 unspecified atom stereocenters. The van der Waals surface area contributed by atoms with Crippen molar-refractivity contribution in [3.05, 3.63) is 29.8 Å². The number of rotatable bonds is 9. The fourth-order valence-electron chi connectivity index (χ4n) is 3.26. The SMILES string of the molecule is COCCS(=O)Cc1cccc(NC(=O)CC(C)C2CCNCC2)c1. The lowest BCUT2D eigenvalue weighted by atomic mass is 9.84. The summed E-state index contributed by atoms with van der Waals surface area (Å²) in [6.07, 6.45) is 2.85. The summed E-state index contributed by atoms with van der Waals surface area (Å²) in [5.41, 5.74) is 1.75. The number of anilines is 1. The molecule has 140 valence electrons. The van der Waals surface area contributed by atoms with E-state index in [0.29, 0.717) is 36.4 Å². The van der Waals surface area contributed by atoms with Crippen LogP contribution in [0.5, 0.6) is 0 Å². The lowest BCUT2D eigenvalue weighted by Crippen LogP contribution is -2.32. The first kappa shape index (κ1) is 20.1. The summed E-state index contributed by atoms with van der Waals surface area (Å²) in [5, 5.41) is 6.35. The predicted molar refractivity (Wildman–Crippen MR) is 103 cm³/mol. The van der Waals surface area contributed by atoms with Gasteiger partial charge in [-0.3, -0.25) is 9.00 Å². The number of methoxy groups -OCH3 is 1. The summed E-state index contributed by atoms with van der Waals surface area (Å²) in [6, 6.07) is 7.64. The summed E-state index contributed by atoms with van der Waals surface area (Å²) < 4.78 is 16.9. The Morgan fingerprint density at radius 2 is 2.16 bits per heavy atom. The minimum Gasteiger partial charge on any atom is -0.384 e. The second kappa shape index (κ2) is 10.7. The maximum Gasteiger partial charge on any atom is 0.224 e. The molecule has 1 aromatic carbocycles. The van der Waals surface area contributed by atoms with E-state index in [2.05, 4.69) is 17.6 Å². The molecule has 1 heterocycles. The maximum absolute atomic E-state index is 12.3. The fraction of sp³-hybridized carbons (Fsp3) is 0.632. The molecule has 5 nitrogen and oxygen atoms in total. The molecule has 0 radical (unpaired) electrons. The lowest BCUT2D eigenvalue weighted by Gasteiger charge is -2.27. The summed E-state index contributed by atoms with van der Waals surface area (Å²) in [7, 11) is 0.661. The van der Waals surface area contributed by atoms with Crippen molar-refractivity contribution in [3.63, 3.8) is 0 Å². The average Bonchev–Trinajstić information content (AvgIpc) is 2.61. The highest BCUT2D eigenvalue weighted by atomic mass is 32.2. The minimum atomic E-state index is -0.948. The van der Waals surface area contributed by atoms with Crippen LogP contribution in [-0.4, -0.2) is 42.7 Å². The van der Waals surface area contributed by atoms with Crippen LogP contribution in [0.4, 0.5) is 5.69 Å². The van der Waals surface area contributed by atoms with E-state index in [1.807, 2.05) is 24.3 Å². The highest BCUT2D eigenvalue weighted by Gasteiger charge is 2.22. The van der Waals surface area contributed by atoms with Gasteiger partial charge in [-0.05, 0) is 55.5 Å². The van der Waals surface area contributed by atoms with Crippen molar-refractivity contribution < 1.29 is 13.7 Å². The Kier molecular flexibility index (Phi) is 8.58. The first-order chi connectivity index (χ1) is 12.1. The zero-order chi connectivity index (χ0) is 18.1. The van der Waals surface area contributed by atoms with Crippen LogP contribution in [0.15, 0.2) is 24.3 Å². The highest BCUT2D eigenvalue weighted by molar-refractivity contribution is 7.84. The first-order valence-corrected chi connectivity index (χ1v) is 10.5. The number of piperidine rings is 1. The van der Waals surface area contributed by atoms with E-state index in [0.717, 1.165) is 37.2 Å². The number of benzene rings is 1. The summed E-state index contributed by atoms with van der Waals surface area (Å²) in [6.45, 7) is 4.78. The van der Waals surface area contributed by atoms with E-state index in [1.54, 1.807) is 7.11 Å². The van der Waals surface area contributed by atoms with Gasteiger partial charge in [0.2, 0.25) is 5.91 Å².